The van der Waals surface area contributed by atoms with E-state index in [0.29, 0.717) is 6.42 Å². The fourth-order valence-corrected chi connectivity index (χ4v) is 2.78. The number of rotatable bonds is 6. The summed E-state index contributed by atoms with van der Waals surface area (Å²) in [4.78, 5) is 31.1. The molecule has 0 aromatic rings. The zero-order chi connectivity index (χ0) is 15.4. The van der Waals surface area contributed by atoms with Crippen LogP contribution >= 0.6 is 43.6 Å². The molecule has 19 heavy (non-hydrogen) atoms. The van der Waals surface area contributed by atoms with Gasteiger partial charge in [0.2, 0.25) is 0 Å². The van der Waals surface area contributed by atoms with E-state index < -0.39 is 33.4 Å². The standard InChI is InChI=1S/C5H11NO2S.C4H4Br2O3S/c1-9-3-2-4(6)5(7)8;5-1-3(7)10(9)4(8)2-6/h4H,2-3,6H2,1H3,(H,7,8);1-2H2. The maximum absolute atomic E-state index is 10.7. The van der Waals surface area contributed by atoms with Gasteiger partial charge in [0.05, 0.1) is 0 Å². The van der Waals surface area contributed by atoms with E-state index in [4.69, 9.17) is 10.8 Å². The summed E-state index contributed by atoms with van der Waals surface area (Å²) < 4.78 is 10.7. The Labute approximate surface area is 135 Å². The van der Waals surface area contributed by atoms with Gasteiger partial charge in [0.15, 0.2) is 0 Å². The molecule has 3 N–H and O–H groups in total. The van der Waals surface area contributed by atoms with E-state index in [0.717, 1.165) is 5.75 Å². The van der Waals surface area contributed by atoms with Crippen molar-refractivity contribution in [3.8, 4) is 0 Å². The highest BCUT2D eigenvalue weighted by Gasteiger charge is 2.25. The van der Waals surface area contributed by atoms with Gasteiger partial charge >= 0.3 is 16.2 Å². The number of nitrogens with two attached hydrogens (primary N) is 1. The minimum absolute atomic E-state index is 0.0433. The summed E-state index contributed by atoms with van der Waals surface area (Å²) in [5, 5.41) is 7.00. The molecule has 0 aliphatic rings. The highest BCUT2D eigenvalue weighted by Crippen LogP contribution is 2.00. The summed E-state index contributed by atoms with van der Waals surface area (Å²) in [7, 11) is 0. The molecule has 0 rings (SSSR count). The molecule has 0 bridgehead atoms. The smallest absolute Gasteiger partial charge is 0.347 e. The first-order chi connectivity index (χ1) is 8.81. The highest BCUT2D eigenvalue weighted by molar-refractivity contribution is 9.10. The lowest BCUT2D eigenvalue weighted by atomic mass is 10.2. The van der Waals surface area contributed by atoms with Crippen molar-refractivity contribution in [1.29, 1.82) is 0 Å². The Bertz CT molecular complexity index is 290. The van der Waals surface area contributed by atoms with Crippen LogP contribution in [-0.2, 0) is 25.6 Å². The fraction of sp³-hybridized carbons (Fsp3) is 0.667. The molecule has 0 amide bonds. The van der Waals surface area contributed by atoms with Crippen LogP contribution in [0.5, 0.6) is 0 Å². The number of hydrogen-bond donors (Lipinski definition) is 2. The van der Waals surface area contributed by atoms with Crippen LogP contribution in [0, 0.1) is 0 Å². The van der Waals surface area contributed by atoms with Gasteiger partial charge in [-0.2, -0.15) is 11.8 Å². The van der Waals surface area contributed by atoms with Gasteiger partial charge < -0.3 is 15.4 Å². The van der Waals surface area contributed by atoms with Crippen molar-refractivity contribution in [1.82, 2.24) is 0 Å². The Balaban J connectivity index is 0. The Morgan fingerprint density at radius 3 is 2.00 bits per heavy atom. The molecule has 1 unspecified atom stereocenters. The molecular formula is C9H15Br2NO5S2. The van der Waals surface area contributed by atoms with Gasteiger partial charge in [0, 0.05) is 0 Å². The molecule has 0 fully saturated rings. The van der Waals surface area contributed by atoms with Gasteiger partial charge in [-0.25, -0.2) is 9.59 Å². The van der Waals surface area contributed by atoms with E-state index in [-0.39, 0.29) is 10.7 Å². The number of alkyl halides is 2. The van der Waals surface area contributed by atoms with Crippen LogP contribution in [-0.4, -0.2) is 54.6 Å². The molecule has 0 saturated heterocycles. The quantitative estimate of drug-likeness (QED) is 0.461. The maximum Gasteiger partial charge on any atom is 0.347 e. The molecule has 0 spiro atoms. The summed E-state index contributed by atoms with van der Waals surface area (Å²) >= 11 is 5.23. The number of carboxylic acids is 1. The number of halogens is 2. The van der Waals surface area contributed by atoms with Crippen molar-refractivity contribution < 1.29 is 24.0 Å². The second kappa shape index (κ2) is 13.4. The molecule has 112 valence electrons. The Hall–Kier alpha value is 0.390. The minimum atomic E-state index is -1.98. The average Bonchev–Trinajstić information content (AvgIpc) is 2.42. The van der Waals surface area contributed by atoms with Crippen LogP contribution in [0.1, 0.15) is 6.42 Å². The number of carbonyl (C=O) groups is 3. The maximum atomic E-state index is 10.7. The molecule has 0 radical (unpaired) electrons. The van der Waals surface area contributed by atoms with Gasteiger partial charge in [-0.05, 0) is 18.4 Å². The third kappa shape index (κ3) is 11.9. The van der Waals surface area contributed by atoms with Crippen LogP contribution < -0.4 is 5.73 Å². The first-order valence-corrected chi connectivity index (χ1v) is 9.67. The van der Waals surface area contributed by atoms with E-state index in [1.165, 1.54) is 0 Å². The van der Waals surface area contributed by atoms with Crippen LogP contribution in [0.25, 0.3) is 0 Å². The van der Waals surface area contributed by atoms with Crippen LogP contribution in [0.2, 0.25) is 0 Å². The molecule has 0 saturated carbocycles. The van der Waals surface area contributed by atoms with Gasteiger partial charge in [0.25, 0.3) is 0 Å². The van der Waals surface area contributed by atoms with Gasteiger partial charge in [-0.3, -0.25) is 4.79 Å². The monoisotopic (exact) mass is 439 g/mol. The van der Waals surface area contributed by atoms with Gasteiger partial charge in [0.1, 0.15) is 27.9 Å². The average molecular weight is 441 g/mol. The molecule has 10 heteroatoms. The number of carboxylic acid groups (broad SMARTS) is 1. The van der Waals surface area contributed by atoms with E-state index in [9.17, 15) is 18.9 Å². The lowest BCUT2D eigenvalue weighted by molar-refractivity contribution is -0.138. The predicted molar refractivity (Wildman–Crippen MR) is 84.4 cm³/mol. The van der Waals surface area contributed by atoms with Gasteiger partial charge in [-0.15, -0.1) is 0 Å². The second-order valence-corrected chi connectivity index (χ2v) is 6.56. The normalized spacial score (nSPS) is 11.5. The molecule has 0 aromatic heterocycles. The minimum Gasteiger partial charge on any atom is -0.602 e. The molecule has 6 nitrogen and oxygen atoms in total. The molecular weight excluding hydrogens is 426 g/mol. The zero-order valence-electron chi connectivity index (χ0n) is 10.1. The van der Waals surface area contributed by atoms with Crippen LogP contribution in [0.4, 0.5) is 0 Å². The first kappa shape index (κ1) is 21.7. The highest BCUT2D eigenvalue weighted by atomic mass is 79.9. The largest absolute Gasteiger partial charge is 0.602 e. The SMILES string of the molecule is CSCCC(N)C(=O)O.O=C(CBr)[S+]([O-])C(=O)CBr. The van der Waals surface area contributed by atoms with Crippen molar-refractivity contribution in [2.45, 2.75) is 12.5 Å². The number of aliphatic carboxylic acids is 1. The van der Waals surface area contributed by atoms with Crippen molar-refractivity contribution >= 4 is 71.0 Å². The third-order valence-corrected chi connectivity index (χ3v) is 5.10. The lowest BCUT2D eigenvalue weighted by Gasteiger charge is -2.02. The first-order valence-electron chi connectivity index (χ1n) is 4.88. The summed E-state index contributed by atoms with van der Waals surface area (Å²) in [5.41, 5.74) is 5.19. The topological polar surface area (TPSA) is 121 Å². The number of carbonyl (C=O) groups excluding carboxylic acids is 2. The number of thioether (sulfide) groups is 1. The Morgan fingerprint density at radius 1 is 1.32 bits per heavy atom. The summed E-state index contributed by atoms with van der Waals surface area (Å²) in [5.74, 6) is -0.1000. The summed E-state index contributed by atoms with van der Waals surface area (Å²) in [6.07, 6.45) is 2.48. The van der Waals surface area contributed by atoms with E-state index in [1.807, 2.05) is 6.26 Å². The molecule has 0 heterocycles. The van der Waals surface area contributed by atoms with Crippen molar-refractivity contribution in [3.63, 3.8) is 0 Å². The second-order valence-electron chi connectivity index (χ2n) is 3.01. The Morgan fingerprint density at radius 2 is 1.74 bits per heavy atom. The van der Waals surface area contributed by atoms with Crippen LogP contribution in [0.15, 0.2) is 0 Å². The Kier molecular flexibility index (Phi) is 15.3. The number of hydrogen-bond acceptors (Lipinski definition) is 6. The molecule has 0 aromatic carbocycles. The van der Waals surface area contributed by atoms with E-state index in [2.05, 4.69) is 31.9 Å². The predicted octanol–water partition coefficient (Wildman–Crippen LogP) is 0.730. The summed E-state index contributed by atoms with van der Waals surface area (Å²) in [6.45, 7) is 0. The van der Waals surface area contributed by atoms with Crippen LogP contribution in [0.3, 0.4) is 0 Å². The molecule has 0 aliphatic heterocycles. The third-order valence-electron chi connectivity index (χ3n) is 1.58. The lowest BCUT2D eigenvalue weighted by Crippen LogP contribution is -2.30. The van der Waals surface area contributed by atoms with Crippen molar-refractivity contribution in [3.05, 3.63) is 0 Å². The fourth-order valence-electron chi connectivity index (χ4n) is 0.594. The molecule has 0 aliphatic carbocycles. The summed E-state index contributed by atoms with van der Waals surface area (Å²) in [6, 6.07) is -0.683. The van der Waals surface area contributed by atoms with Gasteiger partial charge in [-0.1, -0.05) is 31.9 Å². The van der Waals surface area contributed by atoms with Crippen molar-refractivity contribution in [2.24, 2.45) is 5.73 Å². The van der Waals surface area contributed by atoms with E-state index in [1.54, 1.807) is 11.8 Å². The zero-order valence-corrected chi connectivity index (χ0v) is 14.9. The molecule has 1 atom stereocenters. The van der Waals surface area contributed by atoms with E-state index >= 15 is 0 Å². The van der Waals surface area contributed by atoms with Crippen molar-refractivity contribution in [2.75, 3.05) is 22.7 Å².